The summed E-state index contributed by atoms with van der Waals surface area (Å²) in [5.41, 5.74) is 0. The maximum Gasteiger partial charge on any atom is 0.306 e. The van der Waals surface area contributed by atoms with Gasteiger partial charge in [-0.25, -0.2) is 0 Å². The number of quaternary nitrogens is 1. The molecular weight excluding hydrogens is 995 g/mol. The Labute approximate surface area is 497 Å². The van der Waals surface area contributed by atoms with Gasteiger partial charge in [-0.15, -0.1) is 0 Å². The molecule has 472 valence electrons. The van der Waals surface area contributed by atoms with Crippen molar-refractivity contribution in [3.8, 4) is 0 Å². The minimum absolute atomic E-state index is 0.151. The molecule has 0 rings (SSSR count). The average molecular weight is 1130 g/mol. The van der Waals surface area contributed by atoms with Crippen LogP contribution in [0.2, 0.25) is 0 Å². The Bertz CT molecular complexity index is 1360. The highest BCUT2D eigenvalue weighted by Gasteiger charge is 2.22. The quantitative estimate of drug-likeness (QED) is 0.0195. The number of hydrogen-bond donors (Lipinski definition) is 0. The van der Waals surface area contributed by atoms with Gasteiger partial charge >= 0.3 is 11.9 Å². The number of nitrogens with zero attached hydrogens (tertiary/aromatic N) is 1. The van der Waals surface area contributed by atoms with Gasteiger partial charge in [0.25, 0.3) is 0 Å². The Kier molecular flexibility index (Phi) is 61.1. The highest BCUT2D eigenvalue weighted by Crippen LogP contribution is 2.19. The van der Waals surface area contributed by atoms with Crippen molar-refractivity contribution in [1.29, 1.82) is 0 Å². The molecule has 9 heteroatoms. The average Bonchev–Trinajstić information content (AvgIpc) is 3.43. The maximum absolute atomic E-state index is 12.9. The molecule has 0 heterocycles. The van der Waals surface area contributed by atoms with Crippen LogP contribution in [0, 0.1) is 0 Å². The Hall–Kier alpha value is -2.23. The Morgan fingerprint density at radius 1 is 0.375 bits per heavy atom. The van der Waals surface area contributed by atoms with Crippen molar-refractivity contribution in [2.75, 3.05) is 47.5 Å². The van der Waals surface area contributed by atoms with Crippen molar-refractivity contribution in [2.45, 2.75) is 367 Å². The molecule has 0 N–H and O–H groups in total. The number of carbonyl (C=O) groups is 3. The summed E-state index contributed by atoms with van der Waals surface area (Å²) < 4.78 is 22.8. The summed E-state index contributed by atoms with van der Waals surface area (Å²) in [6, 6.07) is 0. The lowest BCUT2D eigenvalue weighted by Crippen LogP contribution is -2.44. The second kappa shape index (κ2) is 62.8. The lowest BCUT2D eigenvalue weighted by Gasteiger charge is -2.26. The molecule has 0 bridgehead atoms. The summed E-state index contributed by atoms with van der Waals surface area (Å²) in [6.45, 7) is 4.81. The first-order chi connectivity index (χ1) is 39.1. The second-order valence-electron chi connectivity index (χ2n) is 25.2. The molecule has 80 heavy (non-hydrogen) atoms. The van der Waals surface area contributed by atoms with Gasteiger partial charge in [-0.1, -0.05) is 321 Å². The Morgan fingerprint density at radius 3 is 0.988 bits per heavy atom. The molecule has 0 aliphatic rings. The standard InChI is InChI=1S/C71H135NO8/c1-6-8-10-12-14-16-18-20-22-24-26-28-30-32-34-35-36-38-40-42-44-46-48-50-52-54-56-58-60-62-69(74)80-67(66-79-71(70(75)76)77-64-63-72(3,4)5)65-78-68(73)61-59-57-55-53-51-49-47-45-43-41-39-37-33-31-29-27-25-23-21-19-17-15-13-11-9-7-2/h18,20,24,26,67,71H,6-17,19,21-23,25,27-66H2,1-5H3/b20-18-,26-24-. The molecule has 0 aromatic heterocycles. The van der Waals surface area contributed by atoms with E-state index in [-0.39, 0.29) is 32.2 Å². The number of carbonyl (C=O) groups excluding carboxylic acids is 3. The normalized spacial score (nSPS) is 12.8. The molecule has 2 atom stereocenters. The third-order valence-corrected chi connectivity index (χ3v) is 16.0. The van der Waals surface area contributed by atoms with E-state index in [4.69, 9.17) is 18.9 Å². The molecule has 0 aliphatic heterocycles. The first kappa shape index (κ1) is 77.8. The van der Waals surface area contributed by atoms with Crippen molar-refractivity contribution < 1.29 is 42.9 Å². The number of ether oxygens (including phenoxy) is 4. The van der Waals surface area contributed by atoms with Crippen LogP contribution in [0.5, 0.6) is 0 Å². The first-order valence-corrected chi connectivity index (χ1v) is 35.0. The number of likely N-dealkylation sites (N-methyl/N-ethyl adjacent to an activating group) is 1. The van der Waals surface area contributed by atoms with Crippen LogP contribution in [0.3, 0.4) is 0 Å². The first-order valence-electron chi connectivity index (χ1n) is 35.0. The van der Waals surface area contributed by atoms with Gasteiger partial charge in [-0.2, -0.15) is 0 Å². The third kappa shape index (κ3) is 63.4. The predicted octanol–water partition coefficient (Wildman–Crippen LogP) is 20.1. The highest BCUT2D eigenvalue weighted by molar-refractivity contribution is 5.70. The molecule has 0 aromatic carbocycles. The highest BCUT2D eigenvalue weighted by atomic mass is 16.7. The molecular formula is C71H135NO8. The molecule has 0 fully saturated rings. The van der Waals surface area contributed by atoms with E-state index in [9.17, 15) is 19.5 Å². The van der Waals surface area contributed by atoms with Gasteiger partial charge < -0.3 is 33.3 Å². The topological polar surface area (TPSA) is 111 Å². The fraction of sp³-hybridized carbons (Fsp3) is 0.901. The number of rotatable bonds is 66. The number of carboxylic acid groups (broad SMARTS) is 1. The number of carboxylic acids is 1. The van der Waals surface area contributed by atoms with Crippen LogP contribution in [0.4, 0.5) is 0 Å². The molecule has 0 saturated carbocycles. The zero-order chi connectivity index (χ0) is 58.3. The monoisotopic (exact) mass is 1130 g/mol. The van der Waals surface area contributed by atoms with Crippen LogP contribution in [-0.4, -0.2) is 82.3 Å². The van der Waals surface area contributed by atoms with Crippen LogP contribution < -0.4 is 5.11 Å². The number of hydrogen-bond acceptors (Lipinski definition) is 8. The zero-order valence-corrected chi connectivity index (χ0v) is 54.0. The molecule has 2 unspecified atom stereocenters. The van der Waals surface area contributed by atoms with Crippen molar-refractivity contribution in [1.82, 2.24) is 0 Å². The Morgan fingerprint density at radius 2 is 0.675 bits per heavy atom. The SMILES string of the molecule is CCCCCCC/C=C\C/C=C\CCCCCCCCCCCCCCCCCCCC(=O)OC(COC(=O)CCCCCCCCCCCCCCCCCCCCCCCCCCCC)COC(OCC[N+](C)(C)C)C(=O)[O-]. The number of aliphatic carboxylic acids is 1. The van der Waals surface area contributed by atoms with E-state index in [2.05, 4.69) is 38.2 Å². The van der Waals surface area contributed by atoms with Gasteiger partial charge in [-0.3, -0.25) is 9.59 Å². The van der Waals surface area contributed by atoms with Crippen molar-refractivity contribution in [3.05, 3.63) is 24.3 Å². The van der Waals surface area contributed by atoms with Gasteiger partial charge in [-0.05, 0) is 44.9 Å². The Balaban J connectivity index is 4.07. The van der Waals surface area contributed by atoms with E-state index < -0.39 is 24.3 Å². The molecule has 0 radical (unpaired) electrons. The predicted molar refractivity (Wildman–Crippen MR) is 339 cm³/mol. The van der Waals surface area contributed by atoms with Gasteiger partial charge in [0.1, 0.15) is 13.2 Å². The van der Waals surface area contributed by atoms with Crippen molar-refractivity contribution >= 4 is 17.9 Å². The maximum atomic E-state index is 12.9. The van der Waals surface area contributed by atoms with Gasteiger partial charge in [0.2, 0.25) is 0 Å². The van der Waals surface area contributed by atoms with Crippen molar-refractivity contribution in [2.24, 2.45) is 0 Å². The van der Waals surface area contributed by atoms with E-state index in [0.717, 1.165) is 44.9 Å². The fourth-order valence-electron chi connectivity index (χ4n) is 10.6. The summed E-state index contributed by atoms with van der Waals surface area (Å²) in [5.74, 6) is -2.25. The molecule has 0 amide bonds. The van der Waals surface area contributed by atoms with Crippen LogP contribution in [0.25, 0.3) is 0 Å². The minimum atomic E-state index is -1.62. The van der Waals surface area contributed by atoms with E-state index in [1.807, 2.05) is 21.1 Å². The summed E-state index contributed by atoms with van der Waals surface area (Å²) in [7, 11) is 5.94. The molecule has 0 aliphatic carbocycles. The summed E-state index contributed by atoms with van der Waals surface area (Å²) in [6.07, 6.45) is 74.0. The lowest BCUT2D eigenvalue weighted by molar-refractivity contribution is -0.870. The third-order valence-electron chi connectivity index (χ3n) is 16.0. The van der Waals surface area contributed by atoms with E-state index in [1.54, 1.807) is 0 Å². The van der Waals surface area contributed by atoms with E-state index in [1.165, 1.54) is 283 Å². The van der Waals surface area contributed by atoms with Crippen LogP contribution in [0.15, 0.2) is 24.3 Å². The van der Waals surface area contributed by atoms with Crippen LogP contribution >= 0.6 is 0 Å². The zero-order valence-electron chi connectivity index (χ0n) is 54.0. The molecule has 0 spiro atoms. The van der Waals surface area contributed by atoms with Gasteiger partial charge in [0, 0.05) is 12.8 Å². The second-order valence-corrected chi connectivity index (χ2v) is 25.2. The van der Waals surface area contributed by atoms with Crippen LogP contribution in [0.1, 0.15) is 354 Å². The van der Waals surface area contributed by atoms with Gasteiger partial charge in [0.05, 0.1) is 40.3 Å². The largest absolute Gasteiger partial charge is 0.545 e. The minimum Gasteiger partial charge on any atom is -0.545 e. The van der Waals surface area contributed by atoms with Crippen molar-refractivity contribution in [3.63, 3.8) is 0 Å². The van der Waals surface area contributed by atoms with E-state index in [0.29, 0.717) is 17.4 Å². The smallest absolute Gasteiger partial charge is 0.306 e. The van der Waals surface area contributed by atoms with Gasteiger partial charge in [0.15, 0.2) is 12.4 Å². The fourth-order valence-corrected chi connectivity index (χ4v) is 10.6. The molecule has 0 saturated heterocycles. The number of allylic oxidation sites excluding steroid dienone is 4. The van der Waals surface area contributed by atoms with E-state index >= 15 is 0 Å². The number of esters is 2. The molecule has 9 nitrogen and oxygen atoms in total. The summed E-state index contributed by atoms with van der Waals surface area (Å²) in [4.78, 5) is 37.5. The summed E-state index contributed by atoms with van der Waals surface area (Å²) in [5, 5.41) is 11.8. The number of unbranched alkanes of at least 4 members (excludes halogenated alkanes) is 47. The lowest BCUT2D eigenvalue weighted by atomic mass is 10.0. The van der Waals surface area contributed by atoms with Crippen LogP contribution in [-0.2, 0) is 33.3 Å². The summed E-state index contributed by atoms with van der Waals surface area (Å²) >= 11 is 0. The molecule has 0 aromatic rings.